The first kappa shape index (κ1) is 14.9. The van der Waals surface area contributed by atoms with Gasteiger partial charge in [-0.1, -0.05) is 0 Å². The standard InChI is InChI=1S/C11H24N2O3S/c1-10(9-16-3)17(14,15)13-6-4-11(5-7-13)8-12-2/h10-12H,4-9H2,1-3H3. The van der Waals surface area contributed by atoms with Crippen LogP contribution in [0.15, 0.2) is 0 Å². The topological polar surface area (TPSA) is 58.6 Å². The summed E-state index contributed by atoms with van der Waals surface area (Å²) in [6.45, 7) is 4.23. The van der Waals surface area contributed by atoms with Crippen molar-refractivity contribution < 1.29 is 13.2 Å². The Hall–Kier alpha value is -0.170. The molecule has 0 aromatic carbocycles. The number of methoxy groups -OCH3 is 1. The van der Waals surface area contributed by atoms with E-state index in [1.807, 2.05) is 7.05 Å². The molecule has 1 atom stereocenters. The van der Waals surface area contributed by atoms with Crippen molar-refractivity contribution >= 4 is 10.0 Å². The SMILES string of the molecule is CNCC1CCN(S(=O)(=O)C(C)COC)CC1. The van der Waals surface area contributed by atoms with E-state index in [1.54, 1.807) is 11.2 Å². The van der Waals surface area contributed by atoms with Crippen LogP contribution in [-0.4, -0.2) is 58.4 Å². The minimum Gasteiger partial charge on any atom is -0.383 e. The molecule has 102 valence electrons. The molecule has 1 saturated heterocycles. The lowest BCUT2D eigenvalue weighted by Crippen LogP contribution is -2.44. The van der Waals surface area contributed by atoms with Gasteiger partial charge in [0.2, 0.25) is 10.0 Å². The summed E-state index contributed by atoms with van der Waals surface area (Å²) in [5, 5.41) is 2.70. The van der Waals surface area contributed by atoms with Crippen molar-refractivity contribution in [3.05, 3.63) is 0 Å². The van der Waals surface area contributed by atoms with Crippen LogP contribution in [0.4, 0.5) is 0 Å². The molecule has 0 aliphatic carbocycles. The average Bonchev–Trinajstić information content (AvgIpc) is 2.30. The first-order valence-corrected chi connectivity index (χ1v) is 7.65. The monoisotopic (exact) mass is 264 g/mol. The minimum atomic E-state index is -3.17. The van der Waals surface area contributed by atoms with Gasteiger partial charge in [-0.25, -0.2) is 12.7 Å². The largest absolute Gasteiger partial charge is 0.383 e. The number of hydrogen-bond donors (Lipinski definition) is 1. The van der Waals surface area contributed by atoms with Gasteiger partial charge in [0.05, 0.1) is 11.9 Å². The zero-order chi connectivity index (χ0) is 12.9. The van der Waals surface area contributed by atoms with Gasteiger partial charge in [-0.2, -0.15) is 0 Å². The molecule has 1 N–H and O–H groups in total. The summed E-state index contributed by atoms with van der Waals surface area (Å²) in [5.74, 6) is 0.601. The number of piperidine rings is 1. The minimum absolute atomic E-state index is 0.263. The lowest BCUT2D eigenvalue weighted by molar-refractivity contribution is 0.195. The highest BCUT2D eigenvalue weighted by molar-refractivity contribution is 7.89. The number of sulfonamides is 1. The van der Waals surface area contributed by atoms with E-state index in [9.17, 15) is 8.42 Å². The summed E-state index contributed by atoms with van der Waals surface area (Å²) >= 11 is 0. The van der Waals surface area contributed by atoms with Gasteiger partial charge in [-0.15, -0.1) is 0 Å². The van der Waals surface area contributed by atoms with Crippen LogP contribution in [-0.2, 0) is 14.8 Å². The maximum Gasteiger partial charge on any atom is 0.218 e. The lowest BCUT2D eigenvalue weighted by Gasteiger charge is -2.32. The Morgan fingerprint density at radius 1 is 1.41 bits per heavy atom. The molecule has 0 bridgehead atoms. The zero-order valence-corrected chi connectivity index (χ0v) is 11.8. The number of nitrogens with zero attached hydrogens (tertiary/aromatic N) is 1. The third kappa shape index (κ3) is 3.91. The fourth-order valence-electron chi connectivity index (χ4n) is 2.23. The molecule has 1 aliphatic rings. The molecular formula is C11H24N2O3S. The van der Waals surface area contributed by atoms with E-state index in [0.717, 1.165) is 19.4 Å². The van der Waals surface area contributed by atoms with Crippen molar-refractivity contribution in [3.8, 4) is 0 Å². The Morgan fingerprint density at radius 2 is 2.00 bits per heavy atom. The molecule has 0 saturated carbocycles. The molecule has 1 rings (SSSR count). The highest BCUT2D eigenvalue weighted by atomic mass is 32.2. The van der Waals surface area contributed by atoms with Crippen molar-refractivity contribution in [2.24, 2.45) is 5.92 Å². The van der Waals surface area contributed by atoms with E-state index >= 15 is 0 Å². The second kappa shape index (κ2) is 6.68. The number of ether oxygens (including phenoxy) is 1. The number of hydrogen-bond acceptors (Lipinski definition) is 4. The molecule has 1 fully saturated rings. The third-order valence-electron chi connectivity index (χ3n) is 3.34. The molecule has 0 aromatic rings. The van der Waals surface area contributed by atoms with Gasteiger partial charge in [0.15, 0.2) is 0 Å². The fourth-order valence-corrected chi connectivity index (χ4v) is 3.77. The summed E-state index contributed by atoms with van der Waals surface area (Å²) < 4.78 is 30.9. The highest BCUT2D eigenvalue weighted by Gasteiger charge is 2.31. The van der Waals surface area contributed by atoms with Crippen LogP contribution in [0.25, 0.3) is 0 Å². The molecule has 0 amide bonds. The molecule has 5 nitrogen and oxygen atoms in total. The van der Waals surface area contributed by atoms with E-state index in [4.69, 9.17) is 4.74 Å². The zero-order valence-electron chi connectivity index (χ0n) is 11.0. The van der Waals surface area contributed by atoms with E-state index < -0.39 is 15.3 Å². The third-order valence-corrected chi connectivity index (χ3v) is 5.57. The number of nitrogens with one attached hydrogen (secondary N) is 1. The Balaban J connectivity index is 2.52. The van der Waals surface area contributed by atoms with E-state index in [-0.39, 0.29) is 6.61 Å². The van der Waals surface area contributed by atoms with Crippen LogP contribution in [0.5, 0.6) is 0 Å². The van der Waals surface area contributed by atoms with Gasteiger partial charge in [-0.3, -0.25) is 0 Å². The van der Waals surface area contributed by atoms with Gasteiger partial charge >= 0.3 is 0 Å². The second-order valence-corrected chi connectivity index (χ2v) is 7.06. The van der Waals surface area contributed by atoms with Crippen molar-refractivity contribution in [2.75, 3.05) is 40.4 Å². The second-order valence-electron chi connectivity index (χ2n) is 4.71. The van der Waals surface area contributed by atoms with Crippen LogP contribution < -0.4 is 5.32 Å². The molecule has 0 aromatic heterocycles. The Morgan fingerprint density at radius 3 is 2.47 bits per heavy atom. The first-order valence-electron chi connectivity index (χ1n) is 6.14. The van der Waals surface area contributed by atoms with Gasteiger partial charge in [0.1, 0.15) is 0 Å². The van der Waals surface area contributed by atoms with Crippen molar-refractivity contribution in [2.45, 2.75) is 25.0 Å². The Bertz CT molecular complexity index is 311. The summed E-state index contributed by atoms with van der Waals surface area (Å²) in [4.78, 5) is 0. The molecule has 1 aliphatic heterocycles. The molecule has 1 unspecified atom stereocenters. The smallest absolute Gasteiger partial charge is 0.218 e. The molecule has 0 spiro atoms. The molecule has 17 heavy (non-hydrogen) atoms. The lowest BCUT2D eigenvalue weighted by atomic mass is 9.98. The van der Waals surface area contributed by atoms with Crippen LogP contribution in [0.2, 0.25) is 0 Å². The van der Waals surface area contributed by atoms with Crippen LogP contribution in [0.3, 0.4) is 0 Å². The van der Waals surface area contributed by atoms with Crippen LogP contribution in [0.1, 0.15) is 19.8 Å². The summed E-state index contributed by atoms with van der Waals surface area (Å²) in [7, 11) is 0.293. The van der Waals surface area contributed by atoms with Gasteiger partial charge in [-0.05, 0) is 39.3 Å². The van der Waals surface area contributed by atoms with Gasteiger partial charge in [0, 0.05) is 20.2 Å². The Labute approximate surface area is 105 Å². The number of rotatable bonds is 6. The maximum absolute atomic E-state index is 12.2. The van der Waals surface area contributed by atoms with E-state index in [2.05, 4.69) is 5.32 Å². The van der Waals surface area contributed by atoms with E-state index in [0.29, 0.717) is 19.0 Å². The van der Waals surface area contributed by atoms with Crippen molar-refractivity contribution in [3.63, 3.8) is 0 Å². The van der Waals surface area contributed by atoms with Crippen LogP contribution in [0, 0.1) is 5.92 Å². The summed E-state index contributed by atoms with van der Waals surface area (Å²) in [6, 6.07) is 0. The fraction of sp³-hybridized carbons (Fsp3) is 1.00. The average molecular weight is 264 g/mol. The molecule has 0 radical (unpaired) electrons. The highest BCUT2D eigenvalue weighted by Crippen LogP contribution is 2.21. The van der Waals surface area contributed by atoms with Crippen molar-refractivity contribution in [1.29, 1.82) is 0 Å². The summed E-state index contributed by atoms with van der Waals surface area (Å²) in [6.07, 6.45) is 1.89. The van der Waals surface area contributed by atoms with Crippen molar-refractivity contribution in [1.82, 2.24) is 9.62 Å². The first-order chi connectivity index (χ1) is 8.02. The quantitative estimate of drug-likeness (QED) is 0.749. The van der Waals surface area contributed by atoms with Crippen LogP contribution >= 0.6 is 0 Å². The predicted molar refractivity (Wildman–Crippen MR) is 68.5 cm³/mol. The normalized spacial score (nSPS) is 21.6. The van der Waals surface area contributed by atoms with Gasteiger partial charge < -0.3 is 10.1 Å². The maximum atomic E-state index is 12.2. The molecular weight excluding hydrogens is 240 g/mol. The summed E-state index contributed by atoms with van der Waals surface area (Å²) in [5.41, 5.74) is 0. The Kier molecular flexibility index (Phi) is 5.85. The predicted octanol–water partition coefficient (Wildman–Crippen LogP) is 0.283. The van der Waals surface area contributed by atoms with Gasteiger partial charge in [0.25, 0.3) is 0 Å². The molecule has 6 heteroatoms. The molecule has 1 heterocycles. The van der Waals surface area contributed by atoms with E-state index in [1.165, 1.54) is 7.11 Å².